The van der Waals surface area contributed by atoms with Crippen LogP contribution >= 0.6 is 11.6 Å². The van der Waals surface area contributed by atoms with Crippen molar-refractivity contribution in [3.05, 3.63) is 40.9 Å². The van der Waals surface area contributed by atoms with Crippen LogP contribution in [-0.4, -0.2) is 26.0 Å². The van der Waals surface area contributed by atoms with Crippen molar-refractivity contribution in [2.45, 2.75) is 11.8 Å². The summed E-state index contributed by atoms with van der Waals surface area (Å²) in [4.78, 5) is 10.7. The number of hydrogen-bond donors (Lipinski definition) is 2. The minimum atomic E-state index is -3.71. The molecule has 7 heteroatoms. The zero-order chi connectivity index (χ0) is 13.9. The van der Waals surface area contributed by atoms with Crippen LogP contribution in [0.2, 0.25) is 5.02 Å². The fraction of sp³-hybridized carbons (Fsp3) is 0.182. The number of nitrogens with one attached hydrogen (secondary N) is 1. The van der Waals surface area contributed by atoms with Crippen LogP contribution in [0.15, 0.2) is 35.2 Å². The number of hydrogen-bond acceptors (Lipinski definition) is 3. The van der Waals surface area contributed by atoms with Crippen LogP contribution in [0, 0.1) is 0 Å². The van der Waals surface area contributed by atoms with Gasteiger partial charge in [0.1, 0.15) is 0 Å². The molecule has 0 aromatic heterocycles. The van der Waals surface area contributed by atoms with Gasteiger partial charge in [0.25, 0.3) is 0 Å². The van der Waals surface area contributed by atoms with Gasteiger partial charge in [-0.15, -0.1) is 0 Å². The van der Waals surface area contributed by atoms with Gasteiger partial charge < -0.3 is 5.11 Å². The van der Waals surface area contributed by atoms with Crippen molar-refractivity contribution in [2.75, 3.05) is 6.54 Å². The summed E-state index contributed by atoms with van der Waals surface area (Å²) in [6, 6.07) is 3.45. The first-order chi connectivity index (χ1) is 8.24. The molecule has 0 fully saturated rings. The molecule has 5 nitrogen and oxygen atoms in total. The molecule has 18 heavy (non-hydrogen) atoms. The predicted octanol–water partition coefficient (Wildman–Crippen LogP) is 1.89. The van der Waals surface area contributed by atoms with E-state index in [4.69, 9.17) is 16.7 Å². The minimum absolute atomic E-state index is 0.0845. The number of halogens is 1. The number of benzene rings is 1. The lowest BCUT2D eigenvalue weighted by Gasteiger charge is -2.07. The lowest BCUT2D eigenvalue weighted by Crippen LogP contribution is -2.25. The van der Waals surface area contributed by atoms with E-state index in [0.29, 0.717) is 5.57 Å². The summed E-state index contributed by atoms with van der Waals surface area (Å²) < 4.78 is 25.9. The van der Waals surface area contributed by atoms with Crippen LogP contribution in [0.3, 0.4) is 0 Å². The van der Waals surface area contributed by atoms with Crippen LogP contribution in [0.25, 0.3) is 0 Å². The summed E-state index contributed by atoms with van der Waals surface area (Å²) in [5.74, 6) is -1.21. The molecule has 0 unspecified atom stereocenters. The molecule has 1 rings (SSSR count). The first-order valence-electron chi connectivity index (χ1n) is 4.91. The summed E-state index contributed by atoms with van der Waals surface area (Å²) in [5, 5.41) is 8.65. The van der Waals surface area contributed by atoms with Crippen molar-refractivity contribution in [2.24, 2.45) is 0 Å². The van der Waals surface area contributed by atoms with Crippen molar-refractivity contribution >= 4 is 27.6 Å². The summed E-state index contributed by atoms with van der Waals surface area (Å²) in [7, 11) is -3.71. The third kappa shape index (κ3) is 3.56. The summed E-state index contributed by atoms with van der Waals surface area (Å²) in [6.45, 7) is 5.37. The Bertz CT molecular complexity index is 595. The van der Waals surface area contributed by atoms with E-state index in [1.165, 1.54) is 6.07 Å². The summed E-state index contributed by atoms with van der Waals surface area (Å²) >= 11 is 5.70. The standard InChI is InChI=1S/C11H12ClNO4S/c1-7(2)6-13-18(16,17)8-3-4-9(11(14)15)10(12)5-8/h3-5,13H,1,6H2,2H3,(H,14,15). The summed E-state index contributed by atoms with van der Waals surface area (Å²) in [6.07, 6.45) is 0. The number of carboxylic acid groups (broad SMARTS) is 1. The molecule has 0 bridgehead atoms. The molecule has 0 aliphatic carbocycles. The second-order valence-electron chi connectivity index (χ2n) is 3.73. The largest absolute Gasteiger partial charge is 0.478 e. The Kier molecular flexibility index (Phi) is 4.50. The molecule has 0 spiro atoms. The van der Waals surface area contributed by atoms with Gasteiger partial charge in [0.2, 0.25) is 10.0 Å². The maximum absolute atomic E-state index is 11.8. The van der Waals surface area contributed by atoms with Crippen molar-refractivity contribution in [3.8, 4) is 0 Å². The number of sulfonamides is 1. The van der Waals surface area contributed by atoms with Gasteiger partial charge in [0, 0.05) is 6.54 Å². The van der Waals surface area contributed by atoms with Crippen molar-refractivity contribution in [3.63, 3.8) is 0 Å². The van der Waals surface area contributed by atoms with Crippen LogP contribution in [0.1, 0.15) is 17.3 Å². The van der Waals surface area contributed by atoms with E-state index in [9.17, 15) is 13.2 Å². The summed E-state index contributed by atoms with van der Waals surface area (Å²) in [5.41, 5.74) is 0.516. The van der Waals surface area contributed by atoms with Crippen LogP contribution < -0.4 is 4.72 Å². The Balaban J connectivity index is 3.08. The predicted molar refractivity (Wildman–Crippen MR) is 68.4 cm³/mol. The quantitative estimate of drug-likeness (QED) is 0.811. The highest BCUT2D eigenvalue weighted by Gasteiger charge is 2.17. The zero-order valence-electron chi connectivity index (χ0n) is 9.60. The van der Waals surface area contributed by atoms with Crippen molar-refractivity contribution in [1.29, 1.82) is 0 Å². The van der Waals surface area contributed by atoms with Crippen LogP contribution in [-0.2, 0) is 10.0 Å². The van der Waals surface area contributed by atoms with E-state index >= 15 is 0 Å². The topological polar surface area (TPSA) is 83.5 Å². The molecule has 0 aliphatic heterocycles. The van der Waals surface area contributed by atoms with Crippen LogP contribution in [0.4, 0.5) is 0 Å². The Morgan fingerprint density at radius 2 is 2.11 bits per heavy atom. The van der Waals surface area contributed by atoms with Gasteiger partial charge in [0.05, 0.1) is 15.5 Å². The van der Waals surface area contributed by atoms with Gasteiger partial charge >= 0.3 is 5.97 Å². The molecular formula is C11H12ClNO4S. The molecule has 0 heterocycles. The van der Waals surface area contributed by atoms with Crippen LogP contribution in [0.5, 0.6) is 0 Å². The first kappa shape index (κ1) is 14.7. The Labute approximate surface area is 110 Å². The molecule has 0 saturated heterocycles. The van der Waals surface area contributed by atoms with Gasteiger partial charge in [0.15, 0.2) is 0 Å². The van der Waals surface area contributed by atoms with Gasteiger partial charge in [-0.2, -0.15) is 0 Å². The highest BCUT2D eigenvalue weighted by Crippen LogP contribution is 2.20. The first-order valence-corrected chi connectivity index (χ1v) is 6.77. The molecule has 0 aliphatic rings. The zero-order valence-corrected chi connectivity index (χ0v) is 11.2. The lowest BCUT2D eigenvalue weighted by molar-refractivity contribution is 0.0697. The maximum atomic E-state index is 11.8. The van der Waals surface area contributed by atoms with E-state index in [-0.39, 0.29) is 22.0 Å². The average molecular weight is 290 g/mol. The number of carbonyl (C=O) groups is 1. The van der Waals surface area contributed by atoms with E-state index in [1.807, 2.05) is 0 Å². The smallest absolute Gasteiger partial charge is 0.337 e. The molecule has 0 saturated carbocycles. The highest BCUT2D eigenvalue weighted by molar-refractivity contribution is 7.89. The normalized spacial score (nSPS) is 11.2. The molecule has 0 atom stereocenters. The van der Waals surface area contributed by atoms with Crippen molar-refractivity contribution in [1.82, 2.24) is 4.72 Å². The van der Waals surface area contributed by atoms with E-state index in [2.05, 4.69) is 11.3 Å². The van der Waals surface area contributed by atoms with E-state index in [0.717, 1.165) is 12.1 Å². The molecular weight excluding hydrogens is 278 g/mol. The fourth-order valence-electron chi connectivity index (χ4n) is 1.14. The van der Waals surface area contributed by atoms with Gasteiger partial charge in [-0.25, -0.2) is 17.9 Å². The van der Waals surface area contributed by atoms with Gasteiger partial charge in [-0.3, -0.25) is 0 Å². The Hall–Kier alpha value is -1.37. The monoisotopic (exact) mass is 289 g/mol. The fourth-order valence-corrected chi connectivity index (χ4v) is 2.59. The highest BCUT2D eigenvalue weighted by atomic mass is 35.5. The third-order valence-electron chi connectivity index (χ3n) is 2.05. The second-order valence-corrected chi connectivity index (χ2v) is 5.90. The van der Waals surface area contributed by atoms with Gasteiger partial charge in [-0.1, -0.05) is 23.8 Å². The molecule has 2 N–H and O–H groups in total. The molecule has 98 valence electrons. The molecule has 0 amide bonds. The molecule has 0 radical (unpaired) electrons. The minimum Gasteiger partial charge on any atom is -0.478 e. The average Bonchev–Trinajstić information content (AvgIpc) is 2.26. The van der Waals surface area contributed by atoms with E-state index in [1.54, 1.807) is 6.92 Å². The molecule has 1 aromatic carbocycles. The number of rotatable bonds is 5. The number of aromatic carboxylic acids is 1. The maximum Gasteiger partial charge on any atom is 0.337 e. The van der Waals surface area contributed by atoms with Crippen molar-refractivity contribution < 1.29 is 18.3 Å². The van der Waals surface area contributed by atoms with E-state index < -0.39 is 16.0 Å². The third-order valence-corrected chi connectivity index (χ3v) is 3.76. The second kappa shape index (κ2) is 5.51. The lowest BCUT2D eigenvalue weighted by atomic mass is 10.2. The Morgan fingerprint density at radius 1 is 1.50 bits per heavy atom. The SMILES string of the molecule is C=C(C)CNS(=O)(=O)c1ccc(C(=O)O)c(Cl)c1. The number of carboxylic acids is 1. The molecule has 1 aromatic rings. The Morgan fingerprint density at radius 3 is 2.56 bits per heavy atom. The van der Waals surface area contributed by atoms with Gasteiger partial charge in [-0.05, 0) is 25.1 Å².